The van der Waals surface area contributed by atoms with E-state index in [9.17, 15) is 4.79 Å². The van der Waals surface area contributed by atoms with Gasteiger partial charge in [0.2, 0.25) is 0 Å². The zero-order valence-electron chi connectivity index (χ0n) is 11.9. The molecule has 0 unspecified atom stereocenters. The number of benzene rings is 1. The van der Waals surface area contributed by atoms with Crippen LogP contribution in [0.5, 0.6) is 0 Å². The third-order valence-corrected chi connectivity index (χ3v) is 3.58. The predicted molar refractivity (Wildman–Crippen MR) is 77.5 cm³/mol. The molecule has 0 aliphatic carbocycles. The molecule has 0 amide bonds. The molecular formula is C16H21NO2. The fourth-order valence-electron chi connectivity index (χ4n) is 2.48. The third kappa shape index (κ3) is 3.16. The predicted octanol–water partition coefficient (Wildman–Crippen LogP) is 2.87. The maximum absolute atomic E-state index is 11.4. The Balaban J connectivity index is 2.14. The number of anilines is 1. The summed E-state index contributed by atoms with van der Waals surface area (Å²) in [5.41, 5.74) is 4.68. The molecule has 0 spiro atoms. The number of fused-ring (bicyclic) bond motifs is 1. The maximum atomic E-state index is 11.4. The Labute approximate surface area is 114 Å². The van der Waals surface area contributed by atoms with Gasteiger partial charge in [0.25, 0.3) is 0 Å². The van der Waals surface area contributed by atoms with E-state index >= 15 is 0 Å². The SMILES string of the molecule is COC(=O)C(C)=CCN1CCCc2cc(C)ccc21. The number of carbonyl (C=O) groups is 1. The second kappa shape index (κ2) is 5.91. The number of carbonyl (C=O) groups excluding carboxylic acids is 1. The second-order valence-corrected chi connectivity index (χ2v) is 5.06. The van der Waals surface area contributed by atoms with Gasteiger partial charge in [-0.25, -0.2) is 4.79 Å². The van der Waals surface area contributed by atoms with Crippen LogP contribution in [0, 0.1) is 6.92 Å². The van der Waals surface area contributed by atoms with E-state index in [1.165, 1.54) is 30.3 Å². The van der Waals surface area contributed by atoms with Crippen LogP contribution in [0.1, 0.15) is 24.5 Å². The first kappa shape index (κ1) is 13.7. The summed E-state index contributed by atoms with van der Waals surface area (Å²) in [6.45, 7) is 5.73. The van der Waals surface area contributed by atoms with Crippen LogP contribution < -0.4 is 4.90 Å². The zero-order chi connectivity index (χ0) is 13.8. The number of rotatable bonds is 3. The Bertz CT molecular complexity index is 505. The molecule has 1 heterocycles. The quantitative estimate of drug-likeness (QED) is 0.617. The summed E-state index contributed by atoms with van der Waals surface area (Å²) in [7, 11) is 1.42. The lowest BCUT2D eigenvalue weighted by molar-refractivity contribution is -0.136. The minimum Gasteiger partial charge on any atom is -0.466 e. The van der Waals surface area contributed by atoms with Gasteiger partial charge >= 0.3 is 5.97 Å². The van der Waals surface area contributed by atoms with Crippen molar-refractivity contribution in [3.63, 3.8) is 0 Å². The van der Waals surface area contributed by atoms with Gasteiger partial charge < -0.3 is 9.64 Å². The molecule has 3 heteroatoms. The van der Waals surface area contributed by atoms with Crippen LogP contribution in [0.3, 0.4) is 0 Å². The van der Waals surface area contributed by atoms with Crippen LogP contribution >= 0.6 is 0 Å². The molecule has 0 aromatic heterocycles. The van der Waals surface area contributed by atoms with Crippen molar-refractivity contribution in [2.45, 2.75) is 26.7 Å². The van der Waals surface area contributed by atoms with E-state index in [1.54, 1.807) is 6.92 Å². The maximum Gasteiger partial charge on any atom is 0.333 e. The molecular weight excluding hydrogens is 238 g/mol. The topological polar surface area (TPSA) is 29.5 Å². The molecule has 0 bridgehead atoms. The molecule has 3 nitrogen and oxygen atoms in total. The van der Waals surface area contributed by atoms with Crippen molar-refractivity contribution in [2.24, 2.45) is 0 Å². The molecule has 1 aromatic rings. The van der Waals surface area contributed by atoms with Gasteiger partial charge in [-0.05, 0) is 38.3 Å². The van der Waals surface area contributed by atoms with E-state index in [1.807, 2.05) is 6.08 Å². The first-order valence-corrected chi connectivity index (χ1v) is 6.71. The molecule has 0 fully saturated rings. The van der Waals surface area contributed by atoms with E-state index < -0.39 is 0 Å². The minimum absolute atomic E-state index is 0.249. The molecule has 19 heavy (non-hydrogen) atoms. The highest BCUT2D eigenvalue weighted by Crippen LogP contribution is 2.27. The first-order chi connectivity index (χ1) is 9.11. The molecule has 1 aliphatic rings. The van der Waals surface area contributed by atoms with Crippen molar-refractivity contribution < 1.29 is 9.53 Å². The van der Waals surface area contributed by atoms with E-state index in [-0.39, 0.29) is 5.97 Å². The van der Waals surface area contributed by atoms with Crippen LogP contribution in [0.2, 0.25) is 0 Å². The number of esters is 1. The standard InChI is InChI=1S/C16H21NO2/c1-12-6-7-15-14(11-12)5-4-9-17(15)10-8-13(2)16(18)19-3/h6-8,11H,4-5,9-10H2,1-3H3. The number of hydrogen-bond acceptors (Lipinski definition) is 3. The summed E-state index contributed by atoms with van der Waals surface area (Å²) in [6.07, 6.45) is 4.26. The average Bonchev–Trinajstić information content (AvgIpc) is 2.43. The number of ether oxygens (including phenoxy) is 1. The van der Waals surface area contributed by atoms with Crippen LogP contribution in [-0.2, 0) is 16.0 Å². The molecule has 0 atom stereocenters. The Morgan fingerprint density at radius 1 is 1.47 bits per heavy atom. The van der Waals surface area contributed by atoms with Gasteiger partial charge in [-0.2, -0.15) is 0 Å². The van der Waals surface area contributed by atoms with Crippen molar-refractivity contribution in [3.8, 4) is 0 Å². The molecule has 1 aromatic carbocycles. The Morgan fingerprint density at radius 3 is 3.00 bits per heavy atom. The second-order valence-electron chi connectivity index (χ2n) is 5.06. The molecule has 0 saturated heterocycles. The van der Waals surface area contributed by atoms with Gasteiger partial charge in [0.1, 0.15) is 0 Å². The summed E-state index contributed by atoms with van der Waals surface area (Å²) < 4.78 is 4.71. The van der Waals surface area contributed by atoms with Crippen molar-refractivity contribution in [3.05, 3.63) is 41.0 Å². The first-order valence-electron chi connectivity index (χ1n) is 6.71. The van der Waals surface area contributed by atoms with Gasteiger partial charge in [0.15, 0.2) is 0 Å². The lowest BCUT2D eigenvalue weighted by atomic mass is 9.99. The lowest BCUT2D eigenvalue weighted by Crippen LogP contribution is -2.29. The van der Waals surface area contributed by atoms with E-state index in [0.717, 1.165) is 19.5 Å². The van der Waals surface area contributed by atoms with E-state index in [2.05, 4.69) is 30.0 Å². The highest BCUT2D eigenvalue weighted by atomic mass is 16.5. The van der Waals surface area contributed by atoms with Gasteiger partial charge in [-0.15, -0.1) is 0 Å². The monoisotopic (exact) mass is 259 g/mol. The summed E-state index contributed by atoms with van der Waals surface area (Å²) >= 11 is 0. The molecule has 0 N–H and O–H groups in total. The third-order valence-electron chi connectivity index (χ3n) is 3.58. The molecule has 0 saturated carbocycles. The number of aryl methyl sites for hydroxylation is 2. The Morgan fingerprint density at radius 2 is 2.26 bits per heavy atom. The van der Waals surface area contributed by atoms with Gasteiger partial charge in [-0.1, -0.05) is 23.8 Å². The summed E-state index contributed by atoms with van der Waals surface area (Å²) in [4.78, 5) is 13.7. The van der Waals surface area contributed by atoms with Gasteiger partial charge in [0.05, 0.1) is 7.11 Å². The average molecular weight is 259 g/mol. The summed E-state index contributed by atoms with van der Waals surface area (Å²) in [6, 6.07) is 6.59. The van der Waals surface area contributed by atoms with Crippen molar-refractivity contribution in [1.29, 1.82) is 0 Å². The van der Waals surface area contributed by atoms with Crippen molar-refractivity contribution in [2.75, 3.05) is 25.1 Å². The van der Waals surface area contributed by atoms with Crippen LogP contribution in [-0.4, -0.2) is 26.2 Å². The van der Waals surface area contributed by atoms with Crippen LogP contribution in [0.25, 0.3) is 0 Å². The van der Waals surface area contributed by atoms with Gasteiger partial charge in [0, 0.05) is 24.4 Å². The highest BCUT2D eigenvalue weighted by Gasteiger charge is 2.16. The molecule has 2 rings (SSSR count). The summed E-state index contributed by atoms with van der Waals surface area (Å²) in [5, 5.41) is 0. The Hall–Kier alpha value is -1.77. The Kier molecular flexibility index (Phi) is 4.25. The lowest BCUT2D eigenvalue weighted by Gasteiger charge is -2.30. The molecule has 0 radical (unpaired) electrons. The van der Waals surface area contributed by atoms with Crippen molar-refractivity contribution in [1.82, 2.24) is 0 Å². The normalized spacial score (nSPS) is 15.1. The smallest absolute Gasteiger partial charge is 0.333 e. The zero-order valence-corrected chi connectivity index (χ0v) is 11.9. The number of hydrogen-bond donors (Lipinski definition) is 0. The minimum atomic E-state index is -0.249. The van der Waals surface area contributed by atoms with Crippen LogP contribution in [0.4, 0.5) is 5.69 Å². The van der Waals surface area contributed by atoms with E-state index in [4.69, 9.17) is 4.74 Å². The number of methoxy groups -OCH3 is 1. The summed E-state index contributed by atoms with van der Waals surface area (Å²) in [5.74, 6) is -0.249. The number of nitrogens with zero attached hydrogens (tertiary/aromatic N) is 1. The highest BCUT2D eigenvalue weighted by molar-refractivity contribution is 5.87. The molecule has 1 aliphatic heterocycles. The van der Waals surface area contributed by atoms with Crippen LogP contribution in [0.15, 0.2) is 29.8 Å². The van der Waals surface area contributed by atoms with E-state index in [0.29, 0.717) is 5.57 Å². The largest absolute Gasteiger partial charge is 0.466 e. The fourth-order valence-corrected chi connectivity index (χ4v) is 2.48. The fraction of sp³-hybridized carbons (Fsp3) is 0.438. The van der Waals surface area contributed by atoms with Gasteiger partial charge in [-0.3, -0.25) is 0 Å². The molecule has 102 valence electrons. The van der Waals surface area contributed by atoms with Crippen molar-refractivity contribution >= 4 is 11.7 Å².